The van der Waals surface area contributed by atoms with E-state index in [2.05, 4.69) is 56.1 Å². The van der Waals surface area contributed by atoms with E-state index in [1.165, 1.54) is 6.42 Å². The van der Waals surface area contributed by atoms with Crippen LogP contribution in [0.25, 0.3) is 11.3 Å². The Hall–Kier alpha value is -2.34. The minimum Gasteiger partial charge on any atom is -0.355 e. The van der Waals surface area contributed by atoms with Gasteiger partial charge in [0.25, 0.3) is 0 Å². The Morgan fingerprint density at radius 3 is 2.62 bits per heavy atom. The van der Waals surface area contributed by atoms with Gasteiger partial charge < -0.3 is 20.1 Å². The highest BCUT2D eigenvalue weighted by Gasteiger charge is 2.10. The van der Waals surface area contributed by atoms with E-state index in [1.54, 1.807) is 0 Å². The number of imidazole rings is 1. The fraction of sp³-hybridized carbons (Fsp3) is 0.500. The number of H-pyrrole nitrogens is 1. The standard InChI is InChI=1S/C20H32N6/c1-5-13-26(6-2)14-12-22-20(21-3)25(4)16-19-23-15-18(24-19)17-10-8-7-9-11-17/h7-11,15H,5-6,12-14,16H2,1-4H3,(H,21,22)(H,23,24). The maximum Gasteiger partial charge on any atom is 0.193 e. The molecule has 0 fully saturated rings. The summed E-state index contributed by atoms with van der Waals surface area (Å²) >= 11 is 0. The Morgan fingerprint density at radius 2 is 1.96 bits per heavy atom. The Labute approximate surface area is 157 Å². The summed E-state index contributed by atoms with van der Waals surface area (Å²) in [6, 6.07) is 10.2. The lowest BCUT2D eigenvalue weighted by Gasteiger charge is -2.24. The molecular formula is C20H32N6. The lowest BCUT2D eigenvalue weighted by Crippen LogP contribution is -2.42. The van der Waals surface area contributed by atoms with Gasteiger partial charge in [-0.3, -0.25) is 4.99 Å². The molecule has 0 aliphatic heterocycles. The van der Waals surface area contributed by atoms with Crippen LogP contribution in [0.4, 0.5) is 0 Å². The van der Waals surface area contributed by atoms with E-state index in [0.29, 0.717) is 6.54 Å². The number of hydrogen-bond donors (Lipinski definition) is 2. The normalized spacial score (nSPS) is 11.8. The number of aliphatic imine (C=N–C) groups is 1. The number of nitrogens with one attached hydrogen (secondary N) is 2. The van der Waals surface area contributed by atoms with Gasteiger partial charge in [-0.2, -0.15) is 0 Å². The first kappa shape index (κ1) is 20.0. The topological polar surface area (TPSA) is 59.5 Å². The first-order valence-electron chi connectivity index (χ1n) is 9.41. The molecule has 0 aliphatic carbocycles. The number of nitrogens with zero attached hydrogens (tertiary/aromatic N) is 4. The van der Waals surface area contributed by atoms with Crippen molar-refractivity contribution in [3.05, 3.63) is 42.4 Å². The van der Waals surface area contributed by atoms with Crippen molar-refractivity contribution in [3.8, 4) is 11.3 Å². The first-order valence-corrected chi connectivity index (χ1v) is 9.41. The van der Waals surface area contributed by atoms with Crippen LogP contribution in [0.2, 0.25) is 0 Å². The second kappa shape index (κ2) is 10.6. The van der Waals surface area contributed by atoms with E-state index >= 15 is 0 Å². The molecule has 1 aromatic carbocycles. The summed E-state index contributed by atoms with van der Waals surface area (Å²) in [6.45, 7) is 9.24. The molecule has 2 rings (SSSR count). The van der Waals surface area contributed by atoms with Crippen molar-refractivity contribution in [3.63, 3.8) is 0 Å². The quantitative estimate of drug-likeness (QED) is 0.536. The zero-order valence-corrected chi connectivity index (χ0v) is 16.5. The van der Waals surface area contributed by atoms with Crippen molar-refractivity contribution in [1.82, 2.24) is 25.1 Å². The smallest absolute Gasteiger partial charge is 0.193 e. The van der Waals surface area contributed by atoms with Gasteiger partial charge >= 0.3 is 0 Å². The third-order valence-electron chi connectivity index (χ3n) is 4.37. The molecule has 0 spiro atoms. The molecule has 1 heterocycles. The molecule has 0 amide bonds. The van der Waals surface area contributed by atoms with E-state index in [4.69, 9.17) is 0 Å². The van der Waals surface area contributed by atoms with Gasteiger partial charge in [0.05, 0.1) is 18.4 Å². The molecule has 142 valence electrons. The summed E-state index contributed by atoms with van der Waals surface area (Å²) in [4.78, 5) is 16.8. The lowest BCUT2D eigenvalue weighted by molar-refractivity contribution is 0.291. The molecule has 0 saturated carbocycles. The molecule has 0 atom stereocenters. The largest absolute Gasteiger partial charge is 0.355 e. The Kier molecular flexibility index (Phi) is 8.15. The van der Waals surface area contributed by atoms with Crippen LogP contribution in [0.1, 0.15) is 26.1 Å². The third kappa shape index (κ3) is 5.88. The zero-order valence-electron chi connectivity index (χ0n) is 16.5. The summed E-state index contributed by atoms with van der Waals surface area (Å²) in [5.41, 5.74) is 2.18. The molecule has 1 aromatic heterocycles. The Balaban J connectivity index is 1.87. The monoisotopic (exact) mass is 356 g/mol. The number of guanidine groups is 1. The van der Waals surface area contributed by atoms with Crippen LogP contribution in [0, 0.1) is 0 Å². The molecule has 6 heteroatoms. The maximum atomic E-state index is 4.51. The molecule has 0 unspecified atom stereocenters. The molecule has 26 heavy (non-hydrogen) atoms. The van der Waals surface area contributed by atoms with Gasteiger partial charge in [0.15, 0.2) is 5.96 Å². The summed E-state index contributed by atoms with van der Waals surface area (Å²) in [6.07, 6.45) is 3.07. The van der Waals surface area contributed by atoms with Crippen molar-refractivity contribution < 1.29 is 0 Å². The van der Waals surface area contributed by atoms with Crippen LogP contribution in [-0.2, 0) is 6.54 Å². The van der Waals surface area contributed by atoms with Gasteiger partial charge in [0.2, 0.25) is 0 Å². The fourth-order valence-corrected chi connectivity index (χ4v) is 2.96. The van der Waals surface area contributed by atoms with Crippen molar-refractivity contribution in [2.45, 2.75) is 26.8 Å². The summed E-state index contributed by atoms with van der Waals surface area (Å²) in [5, 5.41) is 3.44. The first-order chi connectivity index (χ1) is 12.7. The Morgan fingerprint density at radius 1 is 1.19 bits per heavy atom. The van der Waals surface area contributed by atoms with Crippen molar-refractivity contribution in [1.29, 1.82) is 0 Å². The van der Waals surface area contributed by atoms with E-state index < -0.39 is 0 Å². The summed E-state index contributed by atoms with van der Waals surface area (Å²) < 4.78 is 0. The maximum absolute atomic E-state index is 4.51. The van der Waals surface area contributed by atoms with Crippen LogP contribution in [-0.4, -0.2) is 66.0 Å². The summed E-state index contributed by atoms with van der Waals surface area (Å²) in [7, 11) is 3.85. The Bertz CT molecular complexity index is 664. The highest BCUT2D eigenvalue weighted by molar-refractivity contribution is 5.79. The molecule has 6 nitrogen and oxygen atoms in total. The van der Waals surface area contributed by atoms with Gasteiger partial charge in [0.1, 0.15) is 5.82 Å². The van der Waals surface area contributed by atoms with E-state index in [1.807, 2.05) is 38.5 Å². The molecule has 2 aromatic rings. The molecule has 0 radical (unpaired) electrons. The minimum atomic E-state index is 0.680. The molecule has 2 N–H and O–H groups in total. The number of aromatic amines is 1. The van der Waals surface area contributed by atoms with Gasteiger partial charge in [-0.15, -0.1) is 0 Å². The number of hydrogen-bond acceptors (Lipinski definition) is 3. The van der Waals surface area contributed by atoms with Gasteiger partial charge in [-0.25, -0.2) is 4.98 Å². The second-order valence-electron chi connectivity index (χ2n) is 6.37. The zero-order chi connectivity index (χ0) is 18.8. The van der Waals surface area contributed by atoms with Crippen LogP contribution >= 0.6 is 0 Å². The van der Waals surface area contributed by atoms with Crippen molar-refractivity contribution in [2.75, 3.05) is 40.3 Å². The van der Waals surface area contributed by atoms with Crippen molar-refractivity contribution >= 4 is 5.96 Å². The predicted octanol–water partition coefficient (Wildman–Crippen LogP) is 2.82. The molecule has 0 bridgehead atoms. The SMILES string of the molecule is CCCN(CC)CCNC(=NC)N(C)Cc1ncc(-c2ccccc2)[nH]1. The number of benzene rings is 1. The van der Waals surface area contributed by atoms with Crippen LogP contribution in [0.5, 0.6) is 0 Å². The lowest BCUT2D eigenvalue weighted by atomic mass is 10.2. The molecule has 0 aliphatic rings. The highest BCUT2D eigenvalue weighted by Crippen LogP contribution is 2.16. The summed E-state index contributed by atoms with van der Waals surface area (Å²) in [5.74, 6) is 1.81. The molecular weight excluding hydrogens is 324 g/mol. The van der Waals surface area contributed by atoms with Crippen LogP contribution in [0.3, 0.4) is 0 Å². The minimum absolute atomic E-state index is 0.680. The highest BCUT2D eigenvalue weighted by atomic mass is 15.3. The van der Waals surface area contributed by atoms with Gasteiger partial charge in [0, 0.05) is 27.2 Å². The third-order valence-corrected chi connectivity index (χ3v) is 4.37. The fourth-order valence-electron chi connectivity index (χ4n) is 2.96. The average Bonchev–Trinajstić information content (AvgIpc) is 3.13. The number of likely N-dealkylation sites (N-methyl/N-ethyl adjacent to an activating group) is 1. The van der Waals surface area contributed by atoms with Crippen LogP contribution < -0.4 is 5.32 Å². The van der Waals surface area contributed by atoms with Crippen molar-refractivity contribution in [2.24, 2.45) is 4.99 Å². The number of aromatic nitrogens is 2. The van der Waals surface area contributed by atoms with Gasteiger partial charge in [-0.05, 0) is 25.1 Å². The van der Waals surface area contributed by atoms with E-state index in [-0.39, 0.29) is 0 Å². The second-order valence-corrected chi connectivity index (χ2v) is 6.37. The predicted molar refractivity (Wildman–Crippen MR) is 109 cm³/mol. The number of rotatable bonds is 9. The molecule has 0 saturated heterocycles. The van der Waals surface area contributed by atoms with Gasteiger partial charge in [-0.1, -0.05) is 44.2 Å². The van der Waals surface area contributed by atoms with E-state index in [9.17, 15) is 0 Å². The average molecular weight is 357 g/mol. The van der Waals surface area contributed by atoms with E-state index in [0.717, 1.165) is 49.2 Å². The van der Waals surface area contributed by atoms with Crippen LogP contribution in [0.15, 0.2) is 41.5 Å².